The van der Waals surface area contributed by atoms with Crippen LogP contribution in [0.5, 0.6) is 0 Å². The second kappa shape index (κ2) is 17.7. The molecule has 9 heterocycles. The predicted octanol–water partition coefficient (Wildman–Crippen LogP) is 14.4. The van der Waals surface area contributed by atoms with E-state index < -0.39 is 0 Å². The zero-order chi connectivity index (χ0) is 52.0. The lowest BCUT2D eigenvalue weighted by Crippen LogP contribution is -2.02. The Morgan fingerprint density at radius 2 is 0.506 bits per heavy atom. The number of hydrogen-bond acceptors (Lipinski definition) is 8. The molecule has 9 aromatic heterocycles. The van der Waals surface area contributed by atoms with E-state index in [-0.39, 0.29) is 0 Å². The first kappa shape index (κ1) is 44.1. The lowest BCUT2D eigenvalue weighted by atomic mass is 9.97. The Hall–Kier alpha value is -11.2. The Bertz CT molecular complexity index is 4710. The van der Waals surface area contributed by atoms with Crippen molar-refractivity contribution in [3.8, 4) is 74.0 Å². The summed E-state index contributed by atoms with van der Waals surface area (Å²) in [5.41, 5.74) is 15.8. The van der Waals surface area contributed by atoms with Crippen molar-refractivity contribution in [1.82, 2.24) is 62.7 Å². The molecule has 0 N–H and O–H groups in total. The van der Waals surface area contributed by atoms with E-state index in [4.69, 9.17) is 39.9 Å². The van der Waals surface area contributed by atoms with Crippen molar-refractivity contribution in [2.24, 2.45) is 0 Å². The van der Waals surface area contributed by atoms with Crippen molar-refractivity contribution in [1.29, 1.82) is 0 Å². The molecular weight excluding hydrogens is 975 g/mol. The molecule has 370 valence electrons. The highest BCUT2D eigenvalue weighted by Crippen LogP contribution is 2.48. The van der Waals surface area contributed by atoms with Crippen molar-refractivity contribution in [2.75, 3.05) is 0 Å². The Balaban J connectivity index is 1.14. The molecule has 7 aromatic carbocycles. The molecule has 0 radical (unpaired) electrons. The van der Waals surface area contributed by atoms with Gasteiger partial charge in [-0.15, -0.1) is 0 Å². The summed E-state index contributed by atoms with van der Waals surface area (Å²) >= 11 is 0. The van der Waals surface area contributed by atoms with Gasteiger partial charge in [0, 0.05) is 86.3 Å². The first-order chi connectivity index (χ1) is 39.2. The van der Waals surface area contributed by atoms with Crippen molar-refractivity contribution in [3.63, 3.8) is 0 Å². The van der Waals surface area contributed by atoms with Crippen LogP contribution in [0.25, 0.3) is 140 Å². The number of benzene rings is 7. The fourth-order valence-corrected chi connectivity index (χ4v) is 11.4. The van der Waals surface area contributed by atoms with Crippen molar-refractivity contribution < 1.29 is 0 Å². The van der Waals surface area contributed by atoms with Gasteiger partial charge in [-0.3, -0.25) is 18.3 Å². The van der Waals surface area contributed by atoms with Crippen molar-refractivity contribution in [3.05, 3.63) is 249 Å². The van der Waals surface area contributed by atoms with E-state index in [0.717, 1.165) is 129 Å². The summed E-state index contributed by atoms with van der Waals surface area (Å²) in [6.07, 6.45) is 7.30. The van der Waals surface area contributed by atoms with E-state index in [0.29, 0.717) is 11.6 Å². The second-order valence-corrected chi connectivity index (χ2v) is 19.3. The van der Waals surface area contributed by atoms with Crippen LogP contribution in [0.4, 0.5) is 0 Å². The minimum Gasteiger partial charge on any atom is -0.309 e. The summed E-state index contributed by atoms with van der Waals surface area (Å²) in [6, 6.07) is 76.8. The zero-order valence-electron chi connectivity index (χ0n) is 42.0. The normalized spacial score (nSPS) is 11.8. The molecule has 13 heteroatoms. The van der Waals surface area contributed by atoms with E-state index in [1.807, 2.05) is 122 Å². The van der Waals surface area contributed by atoms with E-state index >= 15 is 0 Å². The first-order valence-electron chi connectivity index (χ1n) is 26.0. The molecule has 0 spiro atoms. The van der Waals surface area contributed by atoms with E-state index in [1.165, 1.54) is 0 Å². The minimum atomic E-state index is 0.699. The summed E-state index contributed by atoms with van der Waals surface area (Å²) in [4.78, 5) is 42.0. The fraction of sp³-hybridized carbons (Fsp3) is 0. The molecule has 0 amide bonds. The number of pyridine rings is 4. The number of nitrogens with zero attached hydrogens (tertiary/aromatic N) is 13. The molecule has 0 fully saturated rings. The number of aromatic nitrogens is 13. The van der Waals surface area contributed by atoms with Crippen LogP contribution in [0.1, 0.15) is 0 Å². The van der Waals surface area contributed by atoms with Gasteiger partial charge in [-0.25, -0.2) is 39.9 Å². The van der Waals surface area contributed by atoms with Gasteiger partial charge >= 0.3 is 0 Å². The van der Waals surface area contributed by atoms with Gasteiger partial charge in [0.15, 0.2) is 22.6 Å². The Kier molecular flexibility index (Phi) is 9.90. The molecular formula is C66H41N13. The van der Waals surface area contributed by atoms with Crippen LogP contribution in [0.15, 0.2) is 249 Å². The lowest BCUT2D eigenvalue weighted by molar-refractivity contribution is 1.07. The molecule has 0 unspecified atom stereocenters. The molecule has 13 nitrogen and oxygen atoms in total. The van der Waals surface area contributed by atoms with Crippen LogP contribution < -0.4 is 0 Å². The van der Waals surface area contributed by atoms with E-state index in [2.05, 4.69) is 150 Å². The zero-order valence-corrected chi connectivity index (χ0v) is 42.0. The number of hydrogen-bond donors (Lipinski definition) is 0. The molecule has 0 aliphatic rings. The highest BCUT2D eigenvalue weighted by atomic mass is 15.2. The van der Waals surface area contributed by atoms with Gasteiger partial charge in [-0.2, -0.15) is 0 Å². The highest BCUT2D eigenvalue weighted by molar-refractivity contribution is 6.22. The summed E-state index contributed by atoms with van der Waals surface area (Å²) in [7, 11) is 0. The third-order valence-corrected chi connectivity index (χ3v) is 14.7. The standard InChI is InChI=1S/C66H41N13/c1-6-20-44(21-7-1)75-55-40-42(59-71-51-30-16-34-67-63(51)76(59)45-22-8-2-9-23-45)38-49(61-73-53-32-18-36-69-65(53)78(61)47-26-12-4-13-27-47)57(55)58-50(62-74-54-33-19-37-70-66(54)79(62)48-28-14-5-15-29-48)39-43(41-56(58)75)60-72-52-31-17-35-68-64(52)77(60)46-24-10-3-11-25-46/h1-41H. The van der Waals surface area contributed by atoms with Crippen LogP contribution in [0.3, 0.4) is 0 Å². The van der Waals surface area contributed by atoms with Gasteiger partial charge < -0.3 is 4.57 Å². The topological polar surface area (TPSA) is 128 Å². The van der Waals surface area contributed by atoms with Crippen LogP contribution in [-0.2, 0) is 0 Å². The molecule has 0 bridgehead atoms. The maximum Gasteiger partial charge on any atom is 0.164 e. The molecule has 0 aliphatic heterocycles. The van der Waals surface area contributed by atoms with Gasteiger partial charge in [0.1, 0.15) is 45.4 Å². The van der Waals surface area contributed by atoms with Crippen LogP contribution in [0, 0.1) is 0 Å². The molecule has 79 heavy (non-hydrogen) atoms. The summed E-state index contributed by atoms with van der Waals surface area (Å²) < 4.78 is 11.0. The van der Waals surface area contributed by atoms with Gasteiger partial charge in [0.25, 0.3) is 0 Å². The maximum absolute atomic E-state index is 5.59. The third-order valence-electron chi connectivity index (χ3n) is 14.7. The quantitative estimate of drug-likeness (QED) is 0.140. The summed E-state index contributed by atoms with van der Waals surface area (Å²) in [6.45, 7) is 0. The smallest absolute Gasteiger partial charge is 0.164 e. The predicted molar refractivity (Wildman–Crippen MR) is 312 cm³/mol. The van der Waals surface area contributed by atoms with Crippen molar-refractivity contribution >= 4 is 66.5 Å². The first-order valence-corrected chi connectivity index (χ1v) is 26.0. The molecule has 0 saturated heterocycles. The maximum atomic E-state index is 5.59. The van der Waals surface area contributed by atoms with Crippen LogP contribution in [0.2, 0.25) is 0 Å². The van der Waals surface area contributed by atoms with E-state index in [9.17, 15) is 0 Å². The Morgan fingerprint density at radius 1 is 0.241 bits per heavy atom. The SMILES string of the molecule is c1ccc(-n2c(-c3cc(-c4nc5cccnc5n4-c4ccccc4)c4c5c(-c6nc7cccnc7n6-c6ccccc6)cc(-c6nc7cccnc7n6-c6ccccc6)cc5n(-c5ccccc5)c4c3)nc3cccnc32)cc1. The van der Waals surface area contributed by atoms with Gasteiger partial charge in [-0.1, -0.05) is 91.0 Å². The van der Waals surface area contributed by atoms with Gasteiger partial charge in [0.2, 0.25) is 0 Å². The second-order valence-electron chi connectivity index (χ2n) is 19.3. The molecule has 16 rings (SSSR count). The van der Waals surface area contributed by atoms with Crippen LogP contribution >= 0.6 is 0 Å². The average molecular weight is 1020 g/mol. The van der Waals surface area contributed by atoms with Crippen molar-refractivity contribution in [2.45, 2.75) is 0 Å². The monoisotopic (exact) mass is 1020 g/mol. The summed E-state index contributed by atoms with van der Waals surface area (Å²) in [5, 5.41) is 1.88. The van der Waals surface area contributed by atoms with Crippen LogP contribution in [-0.4, -0.2) is 62.7 Å². The molecule has 16 aromatic rings. The molecule has 0 saturated carbocycles. The van der Waals surface area contributed by atoms with Gasteiger partial charge in [-0.05, 0) is 133 Å². The fourth-order valence-electron chi connectivity index (χ4n) is 11.4. The number of imidazole rings is 4. The highest BCUT2D eigenvalue weighted by Gasteiger charge is 2.30. The summed E-state index contributed by atoms with van der Waals surface area (Å²) in [5.74, 6) is 2.83. The number of para-hydroxylation sites is 5. The molecule has 0 atom stereocenters. The van der Waals surface area contributed by atoms with E-state index in [1.54, 1.807) is 0 Å². The number of fused-ring (bicyclic) bond motifs is 7. The Morgan fingerprint density at radius 3 is 0.810 bits per heavy atom. The Labute approximate surface area is 450 Å². The van der Waals surface area contributed by atoms with Gasteiger partial charge in [0.05, 0.1) is 11.0 Å². The average Bonchev–Trinajstić information content (AvgIpc) is 3.98. The number of rotatable bonds is 9. The third kappa shape index (κ3) is 6.96. The largest absolute Gasteiger partial charge is 0.309 e. The molecule has 0 aliphatic carbocycles. The lowest BCUT2D eigenvalue weighted by Gasteiger charge is -2.15. The minimum absolute atomic E-state index is 0.699.